The molecule has 0 atom stereocenters. The van der Waals surface area contributed by atoms with Gasteiger partial charge in [-0.2, -0.15) is 4.99 Å². The maximum Gasteiger partial charge on any atom is 0.315 e. The van der Waals surface area contributed by atoms with Gasteiger partial charge in [0, 0.05) is 29.7 Å². The molecular weight excluding hydrogens is 388 g/mol. The summed E-state index contributed by atoms with van der Waals surface area (Å²) in [6.45, 7) is 3.73. The van der Waals surface area contributed by atoms with Gasteiger partial charge < -0.3 is 19.2 Å². The number of benzene rings is 1. The zero-order valence-electron chi connectivity index (χ0n) is 16.7. The minimum atomic E-state index is -0.430. The maximum absolute atomic E-state index is 12.6. The SMILES string of the molecule is Cc1cn(Cc2ccccc2C(=O)NCCN(C)C)c(=NC(=O)c2ccco2)s1. The first-order valence-electron chi connectivity index (χ1n) is 9.24. The standard InChI is InChI=1S/C21H24N4O3S/c1-15-13-25(21(29-15)23-20(27)18-9-6-12-28-18)14-16-7-4-5-8-17(16)19(26)22-10-11-24(2)3/h4-9,12-13H,10-11,14H2,1-3H3,(H,22,26). The third-order valence-corrected chi connectivity index (χ3v) is 5.15. The number of aryl methyl sites for hydroxylation is 1. The van der Waals surface area contributed by atoms with E-state index in [9.17, 15) is 9.59 Å². The van der Waals surface area contributed by atoms with Crippen LogP contribution in [0.1, 0.15) is 31.4 Å². The van der Waals surface area contributed by atoms with E-state index in [1.54, 1.807) is 12.1 Å². The Morgan fingerprint density at radius 3 is 2.72 bits per heavy atom. The van der Waals surface area contributed by atoms with Crippen molar-refractivity contribution in [2.45, 2.75) is 13.5 Å². The van der Waals surface area contributed by atoms with E-state index in [0.29, 0.717) is 23.5 Å². The van der Waals surface area contributed by atoms with E-state index in [1.165, 1.54) is 17.6 Å². The summed E-state index contributed by atoms with van der Waals surface area (Å²) in [7, 11) is 3.93. The lowest BCUT2D eigenvalue weighted by atomic mass is 10.1. The number of aromatic nitrogens is 1. The predicted molar refractivity (Wildman–Crippen MR) is 112 cm³/mol. The van der Waals surface area contributed by atoms with E-state index in [4.69, 9.17) is 4.42 Å². The Morgan fingerprint density at radius 2 is 2.00 bits per heavy atom. The van der Waals surface area contributed by atoms with Crippen LogP contribution in [-0.4, -0.2) is 48.5 Å². The molecule has 1 aromatic carbocycles. The third kappa shape index (κ3) is 5.52. The van der Waals surface area contributed by atoms with Gasteiger partial charge in [-0.05, 0) is 44.8 Å². The highest BCUT2D eigenvalue weighted by atomic mass is 32.1. The predicted octanol–water partition coefficient (Wildman–Crippen LogP) is 2.53. The Hall–Kier alpha value is -2.97. The van der Waals surface area contributed by atoms with Gasteiger partial charge in [0.05, 0.1) is 12.8 Å². The van der Waals surface area contributed by atoms with Crippen molar-refractivity contribution in [3.05, 3.63) is 75.4 Å². The van der Waals surface area contributed by atoms with E-state index < -0.39 is 5.91 Å². The van der Waals surface area contributed by atoms with Gasteiger partial charge >= 0.3 is 5.91 Å². The topological polar surface area (TPSA) is 79.8 Å². The summed E-state index contributed by atoms with van der Waals surface area (Å²) < 4.78 is 7.01. The number of thiazole rings is 1. The molecule has 8 heteroatoms. The minimum Gasteiger partial charge on any atom is -0.459 e. The van der Waals surface area contributed by atoms with Crippen molar-refractivity contribution in [2.24, 2.45) is 4.99 Å². The first-order valence-corrected chi connectivity index (χ1v) is 10.1. The van der Waals surface area contributed by atoms with E-state index >= 15 is 0 Å². The lowest BCUT2D eigenvalue weighted by Crippen LogP contribution is -2.32. The van der Waals surface area contributed by atoms with Gasteiger partial charge in [0.15, 0.2) is 10.6 Å². The molecule has 2 aromatic heterocycles. The quantitative estimate of drug-likeness (QED) is 0.647. The largest absolute Gasteiger partial charge is 0.459 e. The molecule has 0 aliphatic rings. The van der Waals surface area contributed by atoms with Crippen molar-refractivity contribution in [2.75, 3.05) is 27.2 Å². The lowest BCUT2D eigenvalue weighted by Gasteiger charge is -2.13. The van der Waals surface area contributed by atoms with Gasteiger partial charge in [0.2, 0.25) is 0 Å². The van der Waals surface area contributed by atoms with Crippen LogP contribution in [0.15, 0.2) is 58.3 Å². The molecule has 0 unspecified atom stereocenters. The highest BCUT2D eigenvalue weighted by Gasteiger charge is 2.13. The van der Waals surface area contributed by atoms with Gasteiger partial charge in [-0.3, -0.25) is 9.59 Å². The summed E-state index contributed by atoms with van der Waals surface area (Å²) in [5, 5.41) is 2.95. The van der Waals surface area contributed by atoms with Crippen molar-refractivity contribution in [3.63, 3.8) is 0 Å². The van der Waals surface area contributed by atoms with Gasteiger partial charge in [0.1, 0.15) is 0 Å². The first-order chi connectivity index (χ1) is 13.9. The number of nitrogens with zero attached hydrogens (tertiary/aromatic N) is 3. The smallest absolute Gasteiger partial charge is 0.315 e. The van der Waals surface area contributed by atoms with Gasteiger partial charge in [0.25, 0.3) is 5.91 Å². The summed E-state index contributed by atoms with van der Waals surface area (Å²) in [6, 6.07) is 10.7. The van der Waals surface area contributed by atoms with E-state index in [0.717, 1.165) is 17.0 Å². The molecule has 3 aromatic rings. The zero-order chi connectivity index (χ0) is 20.8. The van der Waals surface area contributed by atoms with E-state index in [2.05, 4.69) is 10.3 Å². The van der Waals surface area contributed by atoms with Gasteiger partial charge in [-0.15, -0.1) is 11.3 Å². The molecule has 0 spiro atoms. The average molecular weight is 413 g/mol. The van der Waals surface area contributed by atoms with Crippen LogP contribution in [0.2, 0.25) is 0 Å². The number of carbonyl (C=O) groups is 2. The molecule has 0 fully saturated rings. The summed E-state index contributed by atoms with van der Waals surface area (Å²) in [6.07, 6.45) is 3.38. The Morgan fingerprint density at radius 1 is 1.21 bits per heavy atom. The van der Waals surface area contributed by atoms with Crippen LogP contribution in [-0.2, 0) is 6.54 Å². The monoisotopic (exact) mass is 412 g/mol. The molecule has 1 N–H and O–H groups in total. The number of hydrogen-bond acceptors (Lipinski definition) is 5. The molecule has 29 heavy (non-hydrogen) atoms. The van der Waals surface area contributed by atoms with Crippen molar-refractivity contribution in [3.8, 4) is 0 Å². The fourth-order valence-electron chi connectivity index (χ4n) is 2.80. The van der Waals surface area contributed by atoms with Crippen LogP contribution < -0.4 is 10.1 Å². The van der Waals surface area contributed by atoms with E-state index in [1.807, 2.05) is 60.9 Å². The molecule has 0 aliphatic heterocycles. The third-order valence-electron chi connectivity index (χ3n) is 4.21. The fourth-order valence-corrected chi connectivity index (χ4v) is 3.63. The van der Waals surface area contributed by atoms with Crippen LogP contribution in [0.3, 0.4) is 0 Å². The second kappa shape index (κ2) is 9.49. The van der Waals surface area contributed by atoms with Crippen molar-refractivity contribution in [1.82, 2.24) is 14.8 Å². The molecule has 152 valence electrons. The molecular formula is C21H24N4O3S. The van der Waals surface area contributed by atoms with Crippen molar-refractivity contribution >= 4 is 23.2 Å². The van der Waals surface area contributed by atoms with E-state index in [-0.39, 0.29) is 11.7 Å². The number of hydrogen-bond donors (Lipinski definition) is 1. The number of nitrogens with one attached hydrogen (secondary N) is 1. The van der Waals surface area contributed by atoms with Gasteiger partial charge in [-0.1, -0.05) is 18.2 Å². The number of carbonyl (C=O) groups excluding carboxylic acids is 2. The lowest BCUT2D eigenvalue weighted by molar-refractivity contribution is 0.0947. The molecule has 0 radical (unpaired) electrons. The molecule has 7 nitrogen and oxygen atoms in total. The van der Waals surface area contributed by atoms with Crippen LogP contribution >= 0.6 is 11.3 Å². The Kier molecular flexibility index (Phi) is 6.79. The minimum absolute atomic E-state index is 0.111. The zero-order valence-corrected chi connectivity index (χ0v) is 17.5. The van der Waals surface area contributed by atoms with Gasteiger partial charge in [-0.25, -0.2) is 0 Å². The fraction of sp³-hybridized carbons (Fsp3) is 0.286. The molecule has 2 amide bonds. The molecule has 2 heterocycles. The number of amides is 2. The number of rotatable bonds is 7. The molecule has 0 aliphatic carbocycles. The summed E-state index contributed by atoms with van der Waals surface area (Å²) >= 11 is 1.42. The molecule has 0 saturated carbocycles. The highest BCUT2D eigenvalue weighted by Crippen LogP contribution is 2.12. The summed E-state index contributed by atoms with van der Waals surface area (Å²) in [4.78, 5) is 32.7. The van der Waals surface area contributed by atoms with Crippen molar-refractivity contribution < 1.29 is 14.0 Å². The van der Waals surface area contributed by atoms with Crippen LogP contribution in [0.5, 0.6) is 0 Å². The maximum atomic E-state index is 12.6. The summed E-state index contributed by atoms with van der Waals surface area (Å²) in [5.41, 5.74) is 1.48. The Balaban J connectivity index is 1.84. The van der Waals surface area contributed by atoms with Crippen LogP contribution in [0.25, 0.3) is 0 Å². The first kappa shape index (κ1) is 20.8. The van der Waals surface area contributed by atoms with Crippen LogP contribution in [0.4, 0.5) is 0 Å². The second-order valence-electron chi connectivity index (χ2n) is 6.86. The van der Waals surface area contributed by atoms with Crippen LogP contribution in [0, 0.1) is 6.92 Å². The Labute approximate surface area is 173 Å². The molecule has 0 saturated heterocycles. The second-order valence-corrected chi connectivity index (χ2v) is 8.08. The molecule has 0 bridgehead atoms. The average Bonchev–Trinajstić information content (AvgIpc) is 3.32. The Bertz CT molecular complexity index is 1050. The molecule has 3 rings (SSSR count). The highest BCUT2D eigenvalue weighted by molar-refractivity contribution is 7.09. The summed E-state index contributed by atoms with van der Waals surface area (Å²) in [5.74, 6) is -0.344. The number of likely N-dealkylation sites (N-methyl/N-ethyl adjacent to an activating group) is 1. The number of furan rings is 1. The normalized spacial score (nSPS) is 11.8. The van der Waals surface area contributed by atoms with Crippen molar-refractivity contribution in [1.29, 1.82) is 0 Å².